The molecule has 2 amide bonds. The van der Waals surface area contributed by atoms with Crippen molar-refractivity contribution >= 4 is 54.9 Å². The Bertz CT molecular complexity index is 2060. The number of aromatic hydroxyl groups is 1. The molecule has 0 saturated heterocycles. The number of rotatable bonds is 13. The minimum atomic E-state index is -4.24. The van der Waals surface area contributed by atoms with Crippen molar-refractivity contribution in [1.29, 1.82) is 10.5 Å². The highest BCUT2D eigenvalue weighted by Crippen LogP contribution is 2.32. The zero-order valence-corrected chi connectivity index (χ0v) is 30.5. The predicted molar refractivity (Wildman–Crippen MR) is 180 cm³/mol. The van der Waals surface area contributed by atoms with Crippen LogP contribution in [0.5, 0.6) is 23.0 Å². The lowest BCUT2D eigenvalue weighted by molar-refractivity contribution is -0.117. The number of hydrogen-bond donors (Lipinski definition) is 3. The minimum absolute atomic E-state index is 0.172. The lowest BCUT2D eigenvalue weighted by atomic mass is 10.1. The van der Waals surface area contributed by atoms with Crippen LogP contribution < -0.4 is 23.2 Å². The Morgan fingerprint density at radius 2 is 0.980 bits per heavy atom. The molecular formula is C28H35N7O12S3. The Balaban J connectivity index is 0.000000515. The fourth-order valence-corrected chi connectivity index (χ4v) is 4.43. The van der Waals surface area contributed by atoms with Crippen LogP contribution >= 0.6 is 0 Å². The van der Waals surface area contributed by atoms with Crippen LogP contribution in [0.3, 0.4) is 0 Å². The molecule has 3 N–H and O–H groups in total. The maximum absolute atomic E-state index is 12.1. The molecule has 2 aromatic rings. The molecule has 0 aromatic heterocycles. The Labute approximate surface area is 290 Å². The van der Waals surface area contributed by atoms with Gasteiger partial charge in [-0.1, -0.05) is 12.1 Å². The lowest BCUT2D eigenvalue weighted by Gasteiger charge is -2.17. The fraction of sp³-hybridized carbons (Fsp3) is 0.286. The zero-order valence-electron chi connectivity index (χ0n) is 28.0. The number of phenols is 1. The molecule has 2 rings (SSSR count). The molecule has 0 heterocycles. The standard InChI is InChI=1S/C15H20N4O7S2.C13H15N3O5S/c1-17-15(20)12(10-16)8-11-6-7-13(25-27(21,22)18(2)3)14(9-11)26-28(23,24)19(4)5;1-15-13(18)10(8-14)6-9-4-5-11(17)12(7-9)21-22(19,20)16(2)3/h6-9H,1-5H3,(H,17,20);4-7,17H,1-3H3,(H,15,18)/b12-8+;10-6+. The van der Waals surface area contributed by atoms with Crippen molar-refractivity contribution < 1.29 is 52.5 Å². The normalized spacial score (nSPS) is 12.3. The van der Waals surface area contributed by atoms with E-state index < -0.39 is 54.2 Å². The van der Waals surface area contributed by atoms with Gasteiger partial charge in [-0.25, -0.2) is 0 Å². The number of carbonyl (C=O) groups excluding carboxylic acids is 2. The molecule has 0 unspecified atom stereocenters. The van der Waals surface area contributed by atoms with Crippen LogP contribution in [0.2, 0.25) is 0 Å². The van der Waals surface area contributed by atoms with E-state index in [4.69, 9.17) is 23.1 Å². The third-order valence-corrected chi connectivity index (χ3v) is 9.54. The van der Waals surface area contributed by atoms with E-state index in [2.05, 4.69) is 10.6 Å². The molecule has 22 heteroatoms. The average molecular weight is 758 g/mol. The van der Waals surface area contributed by atoms with Crippen molar-refractivity contribution in [2.45, 2.75) is 0 Å². The molecule has 0 fully saturated rings. The third kappa shape index (κ3) is 12.3. The summed E-state index contributed by atoms with van der Waals surface area (Å²) < 4.78 is 88.4. The first-order valence-corrected chi connectivity index (χ1v) is 17.6. The van der Waals surface area contributed by atoms with Gasteiger partial charge in [0.2, 0.25) is 0 Å². The quantitative estimate of drug-likeness (QED) is 0.179. The van der Waals surface area contributed by atoms with Crippen LogP contribution in [0.4, 0.5) is 0 Å². The third-order valence-electron chi connectivity index (χ3n) is 5.68. The summed E-state index contributed by atoms with van der Waals surface area (Å²) in [5.74, 6) is -2.77. The number of likely N-dealkylation sites (N-methyl/N-ethyl adjacent to an activating group) is 2. The summed E-state index contributed by atoms with van der Waals surface area (Å²) in [5, 5.41) is 32.2. The van der Waals surface area contributed by atoms with Gasteiger partial charge in [0.05, 0.1) is 0 Å². The number of nitrogens with one attached hydrogen (secondary N) is 2. The van der Waals surface area contributed by atoms with E-state index in [0.717, 1.165) is 25.0 Å². The Kier molecular flexibility index (Phi) is 15.4. The molecule has 0 atom stereocenters. The van der Waals surface area contributed by atoms with Crippen LogP contribution in [0.1, 0.15) is 11.1 Å². The van der Waals surface area contributed by atoms with Crippen molar-refractivity contribution in [2.75, 3.05) is 56.4 Å². The van der Waals surface area contributed by atoms with E-state index in [1.54, 1.807) is 12.1 Å². The minimum Gasteiger partial charge on any atom is -0.504 e. The second-order valence-corrected chi connectivity index (χ2v) is 15.2. The van der Waals surface area contributed by atoms with Gasteiger partial charge in [-0.15, -0.1) is 0 Å². The van der Waals surface area contributed by atoms with Crippen molar-refractivity contribution in [2.24, 2.45) is 0 Å². The summed E-state index contributed by atoms with van der Waals surface area (Å²) in [4.78, 5) is 23.1. The van der Waals surface area contributed by atoms with Crippen LogP contribution in [-0.2, 0) is 40.5 Å². The molecule has 19 nitrogen and oxygen atoms in total. The summed E-state index contributed by atoms with van der Waals surface area (Å²) in [5.41, 5.74) is 0.105. The van der Waals surface area contributed by atoms with Gasteiger partial charge in [-0.05, 0) is 47.5 Å². The van der Waals surface area contributed by atoms with Gasteiger partial charge in [0, 0.05) is 56.4 Å². The van der Waals surface area contributed by atoms with Crippen LogP contribution in [-0.4, -0.2) is 111 Å². The highest BCUT2D eigenvalue weighted by molar-refractivity contribution is 7.85. The first kappa shape index (κ1) is 42.8. The number of carbonyl (C=O) groups is 2. The highest BCUT2D eigenvalue weighted by Gasteiger charge is 2.24. The number of amides is 2. The highest BCUT2D eigenvalue weighted by atomic mass is 32.2. The van der Waals surface area contributed by atoms with Gasteiger partial charge < -0.3 is 28.3 Å². The SMILES string of the molecule is CNC(=O)/C(C#N)=C/c1ccc(O)c(OS(=O)(=O)N(C)C)c1.CNC(=O)/C(C#N)=C/c1ccc(OS(=O)(=O)N(C)C)c(OS(=O)(=O)N(C)C)c1. The molecule has 0 bridgehead atoms. The second kappa shape index (κ2) is 18.0. The summed E-state index contributed by atoms with van der Waals surface area (Å²) in [6, 6.07) is 10.8. The topological polar surface area (TPSA) is 266 Å². The van der Waals surface area contributed by atoms with E-state index in [1.807, 2.05) is 0 Å². The van der Waals surface area contributed by atoms with Crippen LogP contribution in [0, 0.1) is 22.7 Å². The summed E-state index contributed by atoms with van der Waals surface area (Å²) >= 11 is 0. The molecule has 272 valence electrons. The number of phenolic OH excluding ortho intramolecular Hbond substituents is 1. The molecule has 50 heavy (non-hydrogen) atoms. The Morgan fingerprint density at radius 1 is 0.640 bits per heavy atom. The number of benzene rings is 2. The molecule has 0 aliphatic rings. The van der Waals surface area contributed by atoms with E-state index in [1.165, 1.54) is 92.8 Å². The van der Waals surface area contributed by atoms with Gasteiger partial charge in [0.15, 0.2) is 23.0 Å². The number of nitriles is 2. The molecule has 0 radical (unpaired) electrons. The first-order chi connectivity index (χ1) is 23.0. The van der Waals surface area contributed by atoms with Gasteiger partial charge in [0.1, 0.15) is 23.3 Å². The number of hydrogen-bond acceptors (Lipinski definition) is 14. The van der Waals surface area contributed by atoms with Gasteiger partial charge in [0.25, 0.3) is 11.8 Å². The summed E-state index contributed by atoms with van der Waals surface area (Å²) in [7, 11) is -2.31. The lowest BCUT2D eigenvalue weighted by Crippen LogP contribution is -2.29. The summed E-state index contributed by atoms with van der Waals surface area (Å²) in [6.45, 7) is 0. The van der Waals surface area contributed by atoms with E-state index in [-0.39, 0.29) is 28.2 Å². The molecule has 0 saturated carbocycles. The van der Waals surface area contributed by atoms with E-state index in [9.17, 15) is 39.9 Å². The zero-order chi connectivity index (χ0) is 38.6. The van der Waals surface area contributed by atoms with E-state index in [0.29, 0.717) is 5.56 Å². The van der Waals surface area contributed by atoms with Crippen molar-refractivity contribution in [3.05, 3.63) is 58.7 Å². The second-order valence-electron chi connectivity index (χ2n) is 9.90. The Hall–Kier alpha value is -5.23. The Morgan fingerprint density at radius 3 is 1.34 bits per heavy atom. The maximum Gasteiger partial charge on any atom is 0.384 e. The van der Waals surface area contributed by atoms with Gasteiger partial charge in [-0.2, -0.15) is 48.7 Å². The van der Waals surface area contributed by atoms with Crippen LogP contribution in [0.15, 0.2) is 47.5 Å². The van der Waals surface area contributed by atoms with Crippen molar-refractivity contribution in [3.8, 4) is 35.1 Å². The van der Waals surface area contributed by atoms with Gasteiger partial charge >= 0.3 is 30.9 Å². The predicted octanol–water partition coefficient (Wildman–Crippen LogP) is -0.0596. The maximum atomic E-state index is 12.1. The van der Waals surface area contributed by atoms with Crippen molar-refractivity contribution in [1.82, 2.24) is 23.5 Å². The molecule has 0 aliphatic carbocycles. The average Bonchev–Trinajstić information content (AvgIpc) is 3.03. The first-order valence-electron chi connectivity index (χ1n) is 13.6. The molecule has 2 aromatic carbocycles. The molecule has 0 spiro atoms. The van der Waals surface area contributed by atoms with Crippen LogP contribution in [0.25, 0.3) is 12.2 Å². The fourth-order valence-electron chi connectivity index (χ4n) is 2.90. The monoisotopic (exact) mass is 757 g/mol. The summed E-state index contributed by atoms with van der Waals surface area (Å²) in [6.07, 6.45) is 2.42. The largest absolute Gasteiger partial charge is 0.504 e. The molecular weight excluding hydrogens is 723 g/mol. The van der Waals surface area contributed by atoms with Crippen molar-refractivity contribution in [3.63, 3.8) is 0 Å². The van der Waals surface area contributed by atoms with Gasteiger partial charge in [-0.3, -0.25) is 9.59 Å². The molecule has 0 aliphatic heterocycles. The number of nitrogens with zero attached hydrogens (tertiary/aromatic N) is 5. The smallest absolute Gasteiger partial charge is 0.384 e. The van der Waals surface area contributed by atoms with E-state index >= 15 is 0 Å².